The van der Waals surface area contributed by atoms with Crippen LogP contribution in [0.5, 0.6) is 0 Å². The summed E-state index contributed by atoms with van der Waals surface area (Å²) in [6.07, 6.45) is 4.22. The zero-order chi connectivity index (χ0) is 21.8. The van der Waals surface area contributed by atoms with E-state index in [1.165, 1.54) is 4.88 Å². The summed E-state index contributed by atoms with van der Waals surface area (Å²) in [6, 6.07) is 11.4. The highest BCUT2D eigenvalue weighted by Gasteiger charge is 2.24. The summed E-state index contributed by atoms with van der Waals surface area (Å²) in [5.74, 6) is 0. The maximum absolute atomic E-state index is 12.4. The van der Waals surface area contributed by atoms with Crippen LogP contribution in [0.2, 0.25) is 0 Å². The number of rotatable bonds is 8. The second-order valence-corrected chi connectivity index (χ2v) is 8.91. The molecule has 1 N–H and O–H groups in total. The summed E-state index contributed by atoms with van der Waals surface area (Å²) >= 11 is 1.65. The lowest BCUT2D eigenvalue weighted by Crippen LogP contribution is -2.22. The van der Waals surface area contributed by atoms with Crippen LogP contribution in [0.4, 0.5) is 4.39 Å². The predicted octanol–water partition coefficient (Wildman–Crippen LogP) is 4.64. The minimum absolute atomic E-state index is 0.0610. The molecule has 1 atom stereocenters. The van der Waals surface area contributed by atoms with E-state index in [0.29, 0.717) is 26.1 Å². The maximum atomic E-state index is 12.4. The third kappa shape index (κ3) is 5.01. The van der Waals surface area contributed by atoms with Crippen LogP contribution in [-0.2, 0) is 17.9 Å². The molecule has 1 unspecified atom stereocenters. The topological polar surface area (TPSA) is 56.2 Å². The second-order valence-electron chi connectivity index (χ2n) is 7.63. The van der Waals surface area contributed by atoms with E-state index in [1.807, 2.05) is 31.2 Å². The molecular formula is C24H26FN3O2S. The highest BCUT2D eigenvalue weighted by atomic mass is 32.1. The van der Waals surface area contributed by atoms with Gasteiger partial charge in [0.15, 0.2) is 0 Å². The number of hydrogen-bond acceptors (Lipinski definition) is 5. The molecule has 0 spiro atoms. The average Bonchev–Trinajstić information content (AvgIpc) is 3.09. The van der Waals surface area contributed by atoms with Crippen LogP contribution in [0.25, 0.3) is 11.8 Å². The van der Waals surface area contributed by atoms with Gasteiger partial charge in [-0.25, -0.2) is 9.37 Å². The Labute approximate surface area is 185 Å². The van der Waals surface area contributed by atoms with E-state index in [4.69, 9.17) is 4.74 Å². The number of pyridine rings is 1. The smallest absolute Gasteiger partial charge is 0.254 e. The van der Waals surface area contributed by atoms with Crippen LogP contribution in [0.1, 0.15) is 44.8 Å². The fraction of sp³-hybridized carbons (Fsp3) is 0.333. The van der Waals surface area contributed by atoms with Gasteiger partial charge in [-0.15, -0.1) is 11.3 Å². The number of benzene rings is 1. The molecule has 4 rings (SSSR count). The lowest BCUT2D eigenvalue weighted by Gasteiger charge is -2.27. The number of aromatic nitrogens is 2. The van der Waals surface area contributed by atoms with Gasteiger partial charge >= 0.3 is 0 Å². The SMILES string of the molecule is Cc1nc(COC2CC(n3ccccc3=O)=Cc3ccc(CNCCF)cc32)sc1C. The van der Waals surface area contributed by atoms with Crippen molar-refractivity contribution in [2.45, 2.75) is 39.5 Å². The van der Waals surface area contributed by atoms with Crippen LogP contribution >= 0.6 is 11.3 Å². The Balaban J connectivity index is 1.64. The van der Waals surface area contributed by atoms with E-state index in [2.05, 4.69) is 23.3 Å². The van der Waals surface area contributed by atoms with E-state index in [1.54, 1.807) is 34.2 Å². The Bertz CT molecular complexity index is 1130. The first-order valence-electron chi connectivity index (χ1n) is 10.4. The Morgan fingerprint density at radius 1 is 1.29 bits per heavy atom. The van der Waals surface area contributed by atoms with Crippen LogP contribution in [-0.4, -0.2) is 22.8 Å². The number of alkyl halides is 1. The van der Waals surface area contributed by atoms with E-state index < -0.39 is 0 Å². The summed E-state index contributed by atoms with van der Waals surface area (Å²) in [5, 5.41) is 4.05. The molecule has 3 aromatic rings. The van der Waals surface area contributed by atoms with Gasteiger partial charge in [0.25, 0.3) is 5.56 Å². The summed E-state index contributed by atoms with van der Waals surface area (Å²) < 4.78 is 20.5. The molecule has 0 saturated carbocycles. The molecule has 1 aliphatic rings. The van der Waals surface area contributed by atoms with E-state index in [-0.39, 0.29) is 18.3 Å². The van der Waals surface area contributed by atoms with Crippen molar-refractivity contribution in [1.29, 1.82) is 0 Å². The monoisotopic (exact) mass is 439 g/mol. The molecule has 2 aromatic heterocycles. The minimum Gasteiger partial charge on any atom is -0.366 e. The third-order valence-electron chi connectivity index (χ3n) is 5.43. The minimum atomic E-state index is -0.388. The zero-order valence-corrected chi connectivity index (χ0v) is 18.5. The molecule has 1 aromatic carbocycles. The number of thiazole rings is 1. The zero-order valence-electron chi connectivity index (χ0n) is 17.7. The number of nitrogens with one attached hydrogen (secondary N) is 1. The van der Waals surface area contributed by atoms with Crippen molar-refractivity contribution >= 4 is 23.1 Å². The molecule has 0 fully saturated rings. The Kier molecular flexibility index (Phi) is 6.75. The van der Waals surface area contributed by atoms with Crippen molar-refractivity contribution in [3.63, 3.8) is 0 Å². The predicted molar refractivity (Wildman–Crippen MR) is 123 cm³/mol. The maximum Gasteiger partial charge on any atom is 0.254 e. The van der Waals surface area contributed by atoms with Gasteiger partial charge in [0.05, 0.1) is 18.4 Å². The molecule has 2 heterocycles. The number of nitrogens with zero attached hydrogens (tertiary/aromatic N) is 2. The molecule has 162 valence electrons. The van der Waals surface area contributed by atoms with Gasteiger partial charge in [0, 0.05) is 42.3 Å². The average molecular weight is 440 g/mol. The lowest BCUT2D eigenvalue weighted by atomic mass is 9.90. The number of hydrogen-bond donors (Lipinski definition) is 1. The van der Waals surface area contributed by atoms with Gasteiger partial charge in [-0.05, 0) is 42.7 Å². The van der Waals surface area contributed by atoms with Crippen molar-refractivity contribution in [3.05, 3.63) is 85.2 Å². The normalized spacial score (nSPS) is 15.6. The molecule has 0 aliphatic heterocycles. The molecule has 1 aliphatic carbocycles. The molecule has 0 radical (unpaired) electrons. The number of aryl methyl sites for hydroxylation is 2. The molecule has 7 heteroatoms. The molecular weight excluding hydrogens is 413 g/mol. The van der Waals surface area contributed by atoms with Crippen LogP contribution < -0.4 is 10.9 Å². The standard InChI is InChI=1S/C24H26FN3O2S/c1-16-17(2)31-23(27-16)15-30-22-13-20(28-10-4-3-5-24(28)29)12-19-7-6-18(11-21(19)22)14-26-9-8-25/h3-7,10-12,22,26H,8-9,13-15H2,1-2H3. The first-order chi connectivity index (χ1) is 15.0. The van der Waals surface area contributed by atoms with Crippen LogP contribution in [0.15, 0.2) is 47.4 Å². The van der Waals surface area contributed by atoms with Crippen molar-refractivity contribution in [3.8, 4) is 0 Å². The lowest BCUT2D eigenvalue weighted by molar-refractivity contribution is 0.0414. The highest BCUT2D eigenvalue weighted by molar-refractivity contribution is 7.11. The van der Waals surface area contributed by atoms with Gasteiger partial charge < -0.3 is 10.1 Å². The van der Waals surface area contributed by atoms with E-state index >= 15 is 0 Å². The second kappa shape index (κ2) is 9.68. The number of ether oxygens (including phenoxy) is 1. The van der Waals surface area contributed by atoms with Crippen LogP contribution in [0, 0.1) is 13.8 Å². The first-order valence-corrected chi connectivity index (χ1v) is 11.2. The summed E-state index contributed by atoms with van der Waals surface area (Å²) in [6.45, 7) is 5.03. The Hall–Kier alpha value is -2.61. The van der Waals surface area contributed by atoms with Crippen molar-refractivity contribution < 1.29 is 9.13 Å². The highest BCUT2D eigenvalue weighted by Crippen LogP contribution is 2.37. The molecule has 5 nitrogen and oxygen atoms in total. The van der Waals surface area contributed by atoms with Gasteiger partial charge in [-0.2, -0.15) is 0 Å². The quantitative estimate of drug-likeness (QED) is 0.520. The van der Waals surface area contributed by atoms with Gasteiger partial charge in [-0.3, -0.25) is 9.36 Å². The fourth-order valence-electron chi connectivity index (χ4n) is 3.74. The van der Waals surface area contributed by atoms with Crippen LogP contribution in [0.3, 0.4) is 0 Å². The van der Waals surface area contributed by atoms with Gasteiger partial charge in [-0.1, -0.05) is 24.3 Å². The van der Waals surface area contributed by atoms with Crippen molar-refractivity contribution in [2.24, 2.45) is 0 Å². The summed E-state index contributed by atoms with van der Waals surface area (Å²) in [4.78, 5) is 18.2. The first kappa shape index (κ1) is 21.6. The number of halogens is 1. The third-order valence-corrected chi connectivity index (χ3v) is 6.47. The largest absolute Gasteiger partial charge is 0.366 e. The van der Waals surface area contributed by atoms with Gasteiger partial charge in [0.2, 0.25) is 0 Å². The van der Waals surface area contributed by atoms with E-state index in [0.717, 1.165) is 33.1 Å². The van der Waals surface area contributed by atoms with E-state index in [9.17, 15) is 9.18 Å². The molecule has 31 heavy (non-hydrogen) atoms. The summed E-state index contributed by atoms with van der Waals surface area (Å²) in [5.41, 5.74) is 5.06. The summed E-state index contributed by atoms with van der Waals surface area (Å²) in [7, 11) is 0. The Morgan fingerprint density at radius 3 is 2.90 bits per heavy atom. The van der Waals surface area contributed by atoms with Crippen molar-refractivity contribution in [1.82, 2.24) is 14.9 Å². The van der Waals surface area contributed by atoms with Crippen molar-refractivity contribution in [2.75, 3.05) is 13.2 Å². The molecule has 0 bridgehead atoms. The Morgan fingerprint density at radius 2 is 2.16 bits per heavy atom. The fourth-order valence-corrected chi connectivity index (χ4v) is 4.59. The molecule has 0 amide bonds. The number of fused-ring (bicyclic) bond motifs is 1. The molecule has 0 saturated heterocycles. The van der Waals surface area contributed by atoms with Gasteiger partial charge in [0.1, 0.15) is 11.7 Å².